The van der Waals surface area contributed by atoms with Crippen molar-refractivity contribution in [1.82, 2.24) is 5.32 Å². The summed E-state index contributed by atoms with van der Waals surface area (Å²) in [7, 11) is 1.56. The predicted octanol–water partition coefficient (Wildman–Crippen LogP) is 2.93. The third kappa shape index (κ3) is 2.97. The fraction of sp³-hybridized carbons (Fsp3) is 0.188. The van der Waals surface area contributed by atoms with Gasteiger partial charge in [-0.1, -0.05) is 12.1 Å². The number of hydrogen-bond acceptors (Lipinski definition) is 3. The van der Waals surface area contributed by atoms with Crippen molar-refractivity contribution in [2.45, 2.75) is 6.92 Å². The molecule has 110 valence electrons. The Morgan fingerprint density at radius 3 is 2.52 bits per heavy atom. The van der Waals surface area contributed by atoms with Crippen molar-refractivity contribution in [3.05, 3.63) is 53.8 Å². The summed E-state index contributed by atoms with van der Waals surface area (Å²) >= 11 is 0. The Bertz CT molecular complexity index is 658. The predicted molar refractivity (Wildman–Crippen MR) is 83.3 cm³/mol. The standard InChI is InChI=1S/C16H18FN3O/c1-3-20(14-7-5-4-6-12(14)17)15-9-8-11(10-13(15)18)16(21)19-2/h4-10H,3,18H2,1-2H3,(H,19,21). The second kappa shape index (κ2) is 6.26. The number of para-hydroxylation sites is 1. The average molecular weight is 287 g/mol. The fourth-order valence-electron chi connectivity index (χ4n) is 2.23. The molecule has 0 saturated heterocycles. The molecule has 0 aliphatic carbocycles. The molecular formula is C16H18FN3O. The van der Waals surface area contributed by atoms with Crippen LogP contribution in [0.3, 0.4) is 0 Å². The van der Waals surface area contributed by atoms with E-state index in [2.05, 4.69) is 5.32 Å². The van der Waals surface area contributed by atoms with E-state index in [1.807, 2.05) is 6.92 Å². The second-order valence-corrected chi connectivity index (χ2v) is 4.55. The van der Waals surface area contributed by atoms with Crippen LogP contribution >= 0.6 is 0 Å². The molecule has 0 atom stereocenters. The molecular weight excluding hydrogens is 269 g/mol. The zero-order valence-corrected chi connectivity index (χ0v) is 12.1. The van der Waals surface area contributed by atoms with Crippen LogP contribution in [-0.2, 0) is 0 Å². The lowest BCUT2D eigenvalue weighted by Crippen LogP contribution is -2.21. The Kier molecular flexibility index (Phi) is 4.42. The number of halogens is 1. The molecule has 0 unspecified atom stereocenters. The third-order valence-corrected chi connectivity index (χ3v) is 3.27. The average Bonchev–Trinajstić information content (AvgIpc) is 2.50. The molecule has 0 saturated carbocycles. The summed E-state index contributed by atoms with van der Waals surface area (Å²) in [4.78, 5) is 13.4. The summed E-state index contributed by atoms with van der Waals surface area (Å²) in [5.41, 5.74) is 8.07. The SMILES string of the molecule is CCN(c1ccc(C(=O)NC)cc1N)c1ccccc1F. The maximum Gasteiger partial charge on any atom is 0.251 e. The highest BCUT2D eigenvalue weighted by Gasteiger charge is 2.15. The molecule has 0 aliphatic heterocycles. The number of benzene rings is 2. The maximum absolute atomic E-state index is 14.0. The number of carbonyl (C=O) groups is 1. The molecule has 0 spiro atoms. The van der Waals surface area contributed by atoms with E-state index < -0.39 is 0 Å². The summed E-state index contributed by atoms with van der Waals surface area (Å²) in [5.74, 6) is -0.517. The molecule has 0 heterocycles. The van der Waals surface area contributed by atoms with Crippen molar-refractivity contribution in [3.63, 3.8) is 0 Å². The molecule has 0 radical (unpaired) electrons. The van der Waals surface area contributed by atoms with Gasteiger partial charge in [0.1, 0.15) is 5.82 Å². The van der Waals surface area contributed by atoms with Gasteiger partial charge in [-0.15, -0.1) is 0 Å². The fourth-order valence-corrected chi connectivity index (χ4v) is 2.23. The first-order valence-corrected chi connectivity index (χ1v) is 6.72. The number of nitrogens with zero attached hydrogens (tertiary/aromatic N) is 1. The van der Waals surface area contributed by atoms with Crippen molar-refractivity contribution >= 4 is 23.0 Å². The summed E-state index contributed by atoms with van der Waals surface area (Å²) in [6, 6.07) is 11.5. The van der Waals surface area contributed by atoms with E-state index >= 15 is 0 Å². The highest BCUT2D eigenvalue weighted by molar-refractivity contribution is 5.96. The van der Waals surface area contributed by atoms with E-state index in [-0.39, 0.29) is 11.7 Å². The van der Waals surface area contributed by atoms with Gasteiger partial charge in [0, 0.05) is 19.2 Å². The van der Waals surface area contributed by atoms with Crippen molar-refractivity contribution in [2.75, 3.05) is 24.2 Å². The molecule has 2 rings (SSSR count). The number of anilines is 3. The van der Waals surface area contributed by atoms with Gasteiger partial charge >= 0.3 is 0 Å². The molecule has 21 heavy (non-hydrogen) atoms. The monoisotopic (exact) mass is 287 g/mol. The molecule has 0 bridgehead atoms. The maximum atomic E-state index is 14.0. The van der Waals surface area contributed by atoms with Crippen LogP contribution in [0.1, 0.15) is 17.3 Å². The highest BCUT2D eigenvalue weighted by Crippen LogP contribution is 2.32. The number of hydrogen-bond donors (Lipinski definition) is 2. The van der Waals surface area contributed by atoms with Crippen molar-refractivity contribution in [1.29, 1.82) is 0 Å². The number of carbonyl (C=O) groups excluding carboxylic acids is 1. The van der Waals surface area contributed by atoms with Crippen LogP contribution in [-0.4, -0.2) is 19.5 Å². The van der Waals surface area contributed by atoms with E-state index in [0.717, 1.165) is 0 Å². The lowest BCUT2D eigenvalue weighted by molar-refractivity contribution is 0.0963. The van der Waals surface area contributed by atoms with Crippen LogP contribution in [0, 0.1) is 5.82 Å². The van der Waals surface area contributed by atoms with E-state index in [1.165, 1.54) is 6.07 Å². The molecule has 5 heteroatoms. The number of nitrogen functional groups attached to an aromatic ring is 1. The van der Waals surface area contributed by atoms with Crippen LogP contribution in [0.5, 0.6) is 0 Å². The van der Waals surface area contributed by atoms with Crippen LogP contribution in [0.25, 0.3) is 0 Å². The minimum atomic E-state index is -0.311. The Labute approximate surface area is 123 Å². The molecule has 2 aromatic rings. The van der Waals surface area contributed by atoms with Crippen molar-refractivity contribution in [2.24, 2.45) is 0 Å². The van der Waals surface area contributed by atoms with Crippen LogP contribution < -0.4 is 16.0 Å². The Morgan fingerprint density at radius 1 is 1.24 bits per heavy atom. The van der Waals surface area contributed by atoms with Gasteiger partial charge in [-0.2, -0.15) is 0 Å². The van der Waals surface area contributed by atoms with Gasteiger partial charge in [0.15, 0.2) is 0 Å². The highest BCUT2D eigenvalue weighted by atomic mass is 19.1. The van der Waals surface area contributed by atoms with Crippen LogP contribution in [0.2, 0.25) is 0 Å². The van der Waals surface area contributed by atoms with Gasteiger partial charge < -0.3 is 16.0 Å². The lowest BCUT2D eigenvalue weighted by Gasteiger charge is -2.25. The zero-order valence-electron chi connectivity index (χ0n) is 12.1. The first-order chi connectivity index (χ1) is 10.1. The van der Waals surface area contributed by atoms with Gasteiger partial charge in [0.05, 0.1) is 17.1 Å². The Hall–Kier alpha value is -2.56. The first kappa shape index (κ1) is 14.8. The molecule has 1 amide bonds. The molecule has 0 aromatic heterocycles. The van der Waals surface area contributed by atoms with Crippen molar-refractivity contribution < 1.29 is 9.18 Å². The molecule has 2 aromatic carbocycles. The van der Waals surface area contributed by atoms with Gasteiger partial charge in [-0.25, -0.2) is 4.39 Å². The number of nitrogens with two attached hydrogens (primary N) is 1. The quantitative estimate of drug-likeness (QED) is 0.850. The van der Waals surface area contributed by atoms with Gasteiger partial charge in [-0.05, 0) is 37.3 Å². The van der Waals surface area contributed by atoms with E-state index in [4.69, 9.17) is 5.73 Å². The third-order valence-electron chi connectivity index (χ3n) is 3.27. The zero-order chi connectivity index (χ0) is 15.4. The van der Waals surface area contributed by atoms with E-state index in [0.29, 0.717) is 29.2 Å². The summed E-state index contributed by atoms with van der Waals surface area (Å²) in [6.45, 7) is 2.48. The van der Waals surface area contributed by atoms with E-state index in [9.17, 15) is 9.18 Å². The van der Waals surface area contributed by atoms with Gasteiger partial charge in [0.25, 0.3) is 5.91 Å². The lowest BCUT2D eigenvalue weighted by atomic mass is 10.1. The second-order valence-electron chi connectivity index (χ2n) is 4.55. The molecule has 3 N–H and O–H groups in total. The van der Waals surface area contributed by atoms with Crippen LogP contribution in [0.15, 0.2) is 42.5 Å². The minimum Gasteiger partial charge on any atom is -0.397 e. The summed E-state index contributed by atoms with van der Waals surface area (Å²) in [5, 5.41) is 2.54. The smallest absolute Gasteiger partial charge is 0.251 e. The number of nitrogens with one attached hydrogen (secondary N) is 1. The molecule has 0 fully saturated rings. The molecule has 4 nitrogen and oxygen atoms in total. The van der Waals surface area contributed by atoms with Gasteiger partial charge in [-0.3, -0.25) is 4.79 Å². The molecule has 0 aliphatic rings. The first-order valence-electron chi connectivity index (χ1n) is 6.72. The topological polar surface area (TPSA) is 58.4 Å². The van der Waals surface area contributed by atoms with Crippen LogP contribution in [0.4, 0.5) is 21.5 Å². The normalized spacial score (nSPS) is 10.2. The Morgan fingerprint density at radius 2 is 1.95 bits per heavy atom. The van der Waals surface area contributed by atoms with E-state index in [1.54, 1.807) is 48.3 Å². The summed E-state index contributed by atoms with van der Waals surface area (Å²) < 4.78 is 14.0. The number of amides is 1. The largest absolute Gasteiger partial charge is 0.397 e. The minimum absolute atomic E-state index is 0.206. The summed E-state index contributed by atoms with van der Waals surface area (Å²) in [6.07, 6.45) is 0. The number of rotatable bonds is 4. The van der Waals surface area contributed by atoms with Crippen molar-refractivity contribution in [3.8, 4) is 0 Å². The Balaban J connectivity index is 2.44. The van der Waals surface area contributed by atoms with Gasteiger partial charge in [0.2, 0.25) is 0 Å².